The number of carbonyl (C=O) groups is 1. The van der Waals surface area contributed by atoms with E-state index >= 15 is 0 Å². The van der Waals surface area contributed by atoms with Crippen molar-refractivity contribution in [3.63, 3.8) is 0 Å². The number of epoxide rings is 1. The normalized spacial score (nSPS) is 34.6. The van der Waals surface area contributed by atoms with Crippen LogP contribution in [0.25, 0.3) is 0 Å². The van der Waals surface area contributed by atoms with Gasteiger partial charge in [-0.15, -0.1) is 0 Å². The van der Waals surface area contributed by atoms with Crippen molar-refractivity contribution in [2.75, 3.05) is 0 Å². The number of hydrogen-bond acceptors (Lipinski definition) is 5. The second-order valence-corrected chi connectivity index (χ2v) is 11.1. The highest BCUT2D eigenvalue weighted by molar-refractivity contribution is 5.92. The first-order valence-corrected chi connectivity index (χ1v) is 13.5. The standard InChI is InChI=1S/C34H30O5/c35-29-21-28(26-17-9-3-10-18-26)31(22-24-13-5-1-6-14-24)34(33(29,37)27-19-11-4-12-20-27)32(39-34,30(36)38-31)23-25-15-7-2-8-16-25/h1-20,28-29,35,37H,21-23H2/t28-,29+,31-,32-,33-,34?/m0/s1. The molecule has 0 bridgehead atoms. The zero-order chi connectivity index (χ0) is 26.7. The lowest BCUT2D eigenvalue weighted by Crippen LogP contribution is -2.70. The topological polar surface area (TPSA) is 79.3 Å². The molecule has 0 amide bonds. The predicted molar refractivity (Wildman–Crippen MR) is 146 cm³/mol. The fourth-order valence-corrected chi connectivity index (χ4v) is 7.49. The maximum absolute atomic E-state index is 14.2. The molecule has 1 spiro atoms. The van der Waals surface area contributed by atoms with E-state index in [9.17, 15) is 15.0 Å². The van der Waals surface area contributed by atoms with Gasteiger partial charge >= 0.3 is 5.97 Å². The Morgan fingerprint density at radius 3 is 1.82 bits per heavy atom. The summed E-state index contributed by atoms with van der Waals surface area (Å²) in [5.41, 5.74) is -2.86. The molecule has 2 heterocycles. The maximum Gasteiger partial charge on any atom is 0.342 e. The molecule has 7 rings (SSSR count). The summed E-state index contributed by atoms with van der Waals surface area (Å²) in [6.45, 7) is 0. The Bertz CT molecular complexity index is 1490. The minimum atomic E-state index is -1.89. The van der Waals surface area contributed by atoms with Gasteiger partial charge in [0.15, 0.2) is 16.8 Å². The van der Waals surface area contributed by atoms with Crippen LogP contribution in [0.1, 0.15) is 34.6 Å². The van der Waals surface area contributed by atoms with Crippen LogP contribution in [-0.4, -0.2) is 39.1 Å². The largest absolute Gasteiger partial charge is 0.452 e. The van der Waals surface area contributed by atoms with Crippen LogP contribution in [0.4, 0.5) is 0 Å². The smallest absolute Gasteiger partial charge is 0.342 e. The summed E-state index contributed by atoms with van der Waals surface area (Å²) in [6.07, 6.45) is -0.451. The molecule has 1 saturated carbocycles. The van der Waals surface area contributed by atoms with Crippen molar-refractivity contribution in [1.82, 2.24) is 0 Å². The van der Waals surface area contributed by atoms with Crippen molar-refractivity contribution in [2.45, 2.75) is 53.7 Å². The number of benzene rings is 4. The van der Waals surface area contributed by atoms with Crippen LogP contribution in [0.15, 0.2) is 121 Å². The van der Waals surface area contributed by atoms with Crippen LogP contribution in [0.2, 0.25) is 0 Å². The quantitative estimate of drug-likeness (QED) is 0.286. The number of hydrogen-bond donors (Lipinski definition) is 2. The number of aliphatic hydroxyl groups is 2. The first-order valence-electron chi connectivity index (χ1n) is 13.5. The Kier molecular flexibility index (Phi) is 5.37. The summed E-state index contributed by atoms with van der Waals surface area (Å²) < 4.78 is 13.3. The van der Waals surface area contributed by atoms with Gasteiger partial charge in [-0.2, -0.15) is 0 Å². The van der Waals surface area contributed by atoms with Gasteiger partial charge in [0.05, 0.1) is 6.10 Å². The molecular formula is C34H30O5. The van der Waals surface area contributed by atoms with E-state index in [1.54, 1.807) is 12.1 Å². The fourth-order valence-electron chi connectivity index (χ4n) is 7.49. The molecule has 39 heavy (non-hydrogen) atoms. The summed E-state index contributed by atoms with van der Waals surface area (Å²) in [5.74, 6) is -0.909. The Hall–Kier alpha value is -3.77. The molecule has 4 aromatic rings. The molecule has 4 aromatic carbocycles. The molecular weight excluding hydrogens is 488 g/mol. The Balaban J connectivity index is 1.50. The lowest BCUT2D eigenvalue weighted by atomic mass is 9.52. The number of esters is 1. The zero-order valence-electron chi connectivity index (χ0n) is 21.4. The molecule has 1 aliphatic carbocycles. The monoisotopic (exact) mass is 518 g/mol. The van der Waals surface area contributed by atoms with Crippen LogP contribution in [0, 0.1) is 0 Å². The number of aliphatic hydroxyl groups excluding tert-OH is 1. The van der Waals surface area contributed by atoms with Crippen LogP contribution in [0.3, 0.4) is 0 Å². The Morgan fingerprint density at radius 1 is 0.718 bits per heavy atom. The summed E-state index contributed by atoms with van der Waals surface area (Å²) in [7, 11) is 0. The second kappa shape index (κ2) is 8.62. The molecule has 3 aliphatic rings. The van der Waals surface area contributed by atoms with Gasteiger partial charge in [-0.3, -0.25) is 0 Å². The minimum absolute atomic E-state index is 0.196. The highest BCUT2D eigenvalue weighted by Crippen LogP contribution is 2.76. The zero-order valence-corrected chi connectivity index (χ0v) is 21.4. The molecule has 6 atom stereocenters. The Morgan fingerprint density at radius 2 is 1.23 bits per heavy atom. The molecule has 196 valence electrons. The van der Waals surface area contributed by atoms with Crippen molar-refractivity contribution in [3.05, 3.63) is 144 Å². The molecule has 3 fully saturated rings. The lowest BCUT2D eigenvalue weighted by molar-refractivity contribution is -0.237. The molecule has 5 nitrogen and oxygen atoms in total. The maximum atomic E-state index is 14.2. The molecule has 1 unspecified atom stereocenters. The van der Waals surface area contributed by atoms with Gasteiger partial charge in [0, 0.05) is 18.8 Å². The third-order valence-electron chi connectivity index (χ3n) is 9.12. The van der Waals surface area contributed by atoms with E-state index in [1.165, 1.54) is 0 Å². The second-order valence-electron chi connectivity index (χ2n) is 11.1. The minimum Gasteiger partial charge on any atom is -0.452 e. The molecule has 2 N–H and O–H groups in total. The predicted octanol–water partition coefficient (Wildman–Crippen LogP) is 4.71. The third-order valence-corrected chi connectivity index (χ3v) is 9.12. The van der Waals surface area contributed by atoms with Crippen molar-refractivity contribution < 1.29 is 24.5 Å². The van der Waals surface area contributed by atoms with E-state index in [0.29, 0.717) is 12.0 Å². The van der Waals surface area contributed by atoms with Crippen LogP contribution in [0.5, 0.6) is 0 Å². The van der Waals surface area contributed by atoms with Gasteiger partial charge in [-0.1, -0.05) is 121 Å². The molecule has 5 heteroatoms. The summed E-state index contributed by atoms with van der Waals surface area (Å²) >= 11 is 0. The van der Waals surface area contributed by atoms with E-state index in [1.807, 2.05) is 109 Å². The average molecular weight is 519 g/mol. The first-order chi connectivity index (χ1) is 19.0. The van der Waals surface area contributed by atoms with Gasteiger partial charge < -0.3 is 19.7 Å². The highest BCUT2D eigenvalue weighted by atomic mass is 16.7. The molecule has 0 radical (unpaired) electrons. The van der Waals surface area contributed by atoms with E-state index in [-0.39, 0.29) is 12.8 Å². The number of rotatable bonds is 6. The molecule has 2 aliphatic heterocycles. The fraction of sp³-hybridized carbons (Fsp3) is 0.265. The Labute approximate surface area is 227 Å². The van der Waals surface area contributed by atoms with Gasteiger partial charge in [-0.05, 0) is 28.7 Å². The van der Waals surface area contributed by atoms with E-state index < -0.39 is 40.4 Å². The SMILES string of the molecule is O=C1O[C@@]2(Cc3ccccc3)[C@H](c3ccccc3)C[C@@H](O)[C@@](O)(c3ccccc3)C23O[C@@]13Cc1ccccc1. The summed E-state index contributed by atoms with van der Waals surface area (Å²) in [5, 5.41) is 24.7. The van der Waals surface area contributed by atoms with E-state index in [2.05, 4.69) is 0 Å². The van der Waals surface area contributed by atoms with Gasteiger partial charge in [0.1, 0.15) is 0 Å². The van der Waals surface area contributed by atoms with Crippen LogP contribution >= 0.6 is 0 Å². The summed E-state index contributed by atoms with van der Waals surface area (Å²) in [6, 6.07) is 38.5. The van der Waals surface area contributed by atoms with Crippen molar-refractivity contribution in [1.29, 1.82) is 0 Å². The lowest BCUT2D eigenvalue weighted by Gasteiger charge is -2.54. The average Bonchev–Trinajstić information content (AvgIpc) is 3.62. The number of carbonyl (C=O) groups excluding carboxylic acids is 1. The van der Waals surface area contributed by atoms with Gasteiger partial charge in [-0.25, -0.2) is 4.79 Å². The molecule has 2 saturated heterocycles. The number of ether oxygens (including phenoxy) is 2. The van der Waals surface area contributed by atoms with E-state index in [4.69, 9.17) is 9.47 Å². The van der Waals surface area contributed by atoms with Crippen molar-refractivity contribution in [3.8, 4) is 0 Å². The third kappa shape index (κ3) is 3.15. The van der Waals surface area contributed by atoms with E-state index in [0.717, 1.165) is 16.7 Å². The van der Waals surface area contributed by atoms with Gasteiger partial charge in [0.25, 0.3) is 0 Å². The van der Waals surface area contributed by atoms with Crippen LogP contribution in [-0.2, 0) is 32.7 Å². The van der Waals surface area contributed by atoms with Crippen molar-refractivity contribution >= 4 is 5.97 Å². The van der Waals surface area contributed by atoms with Gasteiger partial charge in [0.2, 0.25) is 5.60 Å². The van der Waals surface area contributed by atoms with Crippen molar-refractivity contribution in [2.24, 2.45) is 0 Å². The summed E-state index contributed by atoms with van der Waals surface area (Å²) in [4.78, 5) is 14.2. The first kappa shape index (κ1) is 24.3. The highest BCUT2D eigenvalue weighted by Gasteiger charge is 2.98. The van der Waals surface area contributed by atoms with Crippen LogP contribution < -0.4 is 0 Å². The molecule has 0 aromatic heterocycles.